The smallest absolute Gasteiger partial charge is 0.0622 e. The molecule has 0 saturated heterocycles. The van der Waals surface area contributed by atoms with Gasteiger partial charge in [-0.25, -0.2) is 0 Å². The van der Waals surface area contributed by atoms with Gasteiger partial charge in [-0.1, -0.05) is 15.9 Å². The number of nitriles is 1. The summed E-state index contributed by atoms with van der Waals surface area (Å²) in [4.78, 5) is 0. The van der Waals surface area contributed by atoms with Gasteiger partial charge >= 0.3 is 0 Å². The minimum Gasteiger partial charge on any atom is -0.198 e. The van der Waals surface area contributed by atoms with Crippen molar-refractivity contribution in [3.05, 3.63) is 0 Å². The topological polar surface area (TPSA) is 23.8 Å². The molecular weight excluding hydrogens is 190 g/mol. The van der Waals surface area contributed by atoms with E-state index in [0.29, 0.717) is 6.42 Å². The zero-order valence-corrected chi connectivity index (χ0v) is 7.45. The maximum absolute atomic E-state index is 8.16. The predicted molar refractivity (Wildman–Crippen MR) is 45.7 cm³/mol. The van der Waals surface area contributed by atoms with Crippen molar-refractivity contribution >= 4 is 15.9 Å². The van der Waals surface area contributed by atoms with Crippen LogP contribution >= 0.6 is 15.9 Å². The SMILES string of the molecule is N#CCCCC#CCCBr. The third-order valence-electron chi connectivity index (χ3n) is 0.935. The Hall–Kier alpha value is -0.470. The van der Waals surface area contributed by atoms with Gasteiger partial charge in [0.05, 0.1) is 6.07 Å². The molecular formula is C8H10BrN. The number of hydrogen-bond donors (Lipinski definition) is 0. The molecule has 10 heavy (non-hydrogen) atoms. The molecule has 2 heteroatoms. The molecule has 0 N–H and O–H groups in total. The van der Waals surface area contributed by atoms with E-state index in [1.54, 1.807) is 0 Å². The van der Waals surface area contributed by atoms with Crippen LogP contribution in [-0.4, -0.2) is 5.33 Å². The number of hydrogen-bond acceptors (Lipinski definition) is 1. The zero-order valence-electron chi connectivity index (χ0n) is 5.86. The van der Waals surface area contributed by atoms with Gasteiger partial charge in [0, 0.05) is 24.6 Å². The van der Waals surface area contributed by atoms with Gasteiger partial charge in [0.15, 0.2) is 0 Å². The van der Waals surface area contributed by atoms with Crippen molar-refractivity contribution in [1.29, 1.82) is 5.26 Å². The molecule has 0 amide bonds. The molecule has 0 bridgehead atoms. The lowest BCUT2D eigenvalue weighted by atomic mass is 10.2. The highest BCUT2D eigenvalue weighted by atomic mass is 79.9. The zero-order chi connectivity index (χ0) is 7.66. The van der Waals surface area contributed by atoms with Crippen LogP contribution in [0.15, 0.2) is 0 Å². The minimum atomic E-state index is 0.628. The lowest BCUT2D eigenvalue weighted by Gasteiger charge is -1.81. The van der Waals surface area contributed by atoms with E-state index in [0.717, 1.165) is 24.6 Å². The number of unbranched alkanes of at least 4 members (excludes halogenated alkanes) is 2. The average molecular weight is 200 g/mol. The normalized spacial score (nSPS) is 7.60. The fourth-order valence-corrected chi connectivity index (χ4v) is 0.678. The number of nitrogens with zero attached hydrogens (tertiary/aromatic N) is 1. The Kier molecular flexibility index (Phi) is 8.13. The maximum Gasteiger partial charge on any atom is 0.0622 e. The number of rotatable bonds is 3. The third kappa shape index (κ3) is 7.53. The second-order valence-corrected chi connectivity index (χ2v) is 2.60. The molecule has 0 aromatic heterocycles. The summed E-state index contributed by atoms with van der Waals surface area (Å²) in [5.41, 5.74) is 0. The highest BCUT2D eigenvalue weighted by Gasteiger charge is 1.79. The van der Waals surface area contributed by atoms with Gasteiger partial charge in [0.25, 0.3) is 0 Å². The number of halogens is 1. The first kappa shape index (κ1) is 9.53. The Bertz CT molecular complexity index is 158. The van der Waals surface area contributed by atoms with Gasteiger partial charge < -0.3 is 0 Å². The largest absolute Gasteiger partial charge is 0.198 e. The van der Waals surface area contributed by atoms with E-state index in [9.17, 15) is 0 Å². The summed E-state index contributed by atoms with van der Waals surface area (Å²) in [7, 11) is 0. The summed E-state index contributed by atoms with van der Waals surface area (Å²) >= 11 is 3.28. The fourth-order valence-electron chi connectivity index (χ4n) is 0.480. The molecule has 0 saturated carbocycles. The summed E-state index contributed by atoms with van der Waals surface area (Å²) in [6.07, 6.45) is 3.31. The summed E-state index contributed by atoms with van der Waals surface area (Å²) in [6.45, 7) is 0. The molecule has 0 aromatic carbocycles. The maximum atomic E-state index is 8.16. The molecule has 1 nitrogen and oxygen atoms in total. The molecule has 0 spiro atoms. The molecule has 0 radical (unpaired) electrons. The molecule has 0 aromatic rings. The van der Waals surface area contributed by atoms with E-state index in [4.69, 9.17) is 5.26 Å². The van der Waals surface area contributed by atoms with E-state index >= 15 is 0 Å². The first-order valence-corrected chi connectivity index (χ1v) is 4.42. The van der Waals surface area contributed by atoms with Gasteiger partial charge in [-0.05, 0) is 6.42 Å². The quantitative estimate of drug-likeness (QED) is 0.390. The van der Waals surface area contributed by atoms with E-state index in [-0.39, 0.29) is 0 Å². The van der Waals surface area contributed by atoms with E-state index in [2.05, 4.69) is 33.8 Å². The Morgan fingerprint density at radius 3 is 2.40 bits per heavy atom. The highest BCUT2D eigenvalue weighted by Crippen LogP contribution is 1.91. The molecule has 0 rings (SSSR count). The highest BCUT2D eigenvalue weighted by molar-refractivity contribution is 9.09. The Morgan fingerprint density at radius 2 is 1.80 bits per heavy atom. The van der Waals surface area contributed by atoms with Crippen LogP contribution in [0.1, 0.15) is 25.7 Å². The van der Waals surface area contributed by atoms with Gasteiger partial charge in [0.2, 0.25) is 0 Å². The standard InChI is InChI=1S/C8H10BrN/c9-7-5-3-1-2-4-6-8-10/h2,4-7H2. The van der Waals surface area contributed by atoms with Crippen molar-refractivity contribution in [2.75, 3.05) is 5.33 Å². The monoisotopic (exact) mass is 199 g/mol. The van der Waals surface area contributed by atoms with Crippen molar-refractivity contribution in [3.63, 3.8) is 0 Å². The lowest BCUT2D eigenvalue weighted by Crippen LogP contribution is -1.70. The molecule has 0 aliphatic heterocycles. The van der Waals surface area contributed by atoms with Crippen LogP contribution in [0.25, 0.3) is 0 Å². The second-order valence-electron chi connectivity index (χ2n) is 1.80. The molecule has 0 aliphatic rings. The van der Waals surface area contributed by atoms with Crippen molar-refractivity contribution in [3.8, 4) is 17.9 Å². The molecule has 0 unspecified atom stereocenters. The van der Waals surface area contributed by atoms with Crippen molar-refractivity contribution in [1.82, 2.24) is 0 Å². The van der Waals surface area contributed by atoms with Crippen molar-refractivity contribution < 1.29 is 0 Å². The molecule has 54 valence electrons. The summed E-state index contributed by atoms with van der Waals surface area (Å²) in [6, 6.07) is 2.08. The molecule has 0 heterocycles. The lowest BCUT2D eigenvalue weighted by molar-refractivity contribution is 0.893. The average Bonchev–Trinajstić information content (AvgIpc) is 1.97. The van der Waals surface area contributed by atoms with Gasteiger partial charge in [-0.3, -0.25) is 0 Å². The van der Waals surface area contributed by atoms with Crippen LogP contribution < -0.4 is 0 Å². The summed E-state index contributed by atoms with van der Waals surface area (Å²) in [5.74, 6) is 5.98. The predicted octanol–water partition coefficient (Wildman–Crippen LogP) is 2.47. The second kappa shape index (κ2) is 8.53. The van der Waals surface area contributed by atoms with E-state index in [1.807, 2.05) is 0 Å². The Labute approximate surface area is 70.6 Å². The third-order valence-corrected chi connectivity index (χ3v) is 1.33. The van der Waals surface area contributed by atoms with E-state index < -0.39 is 0 Å². The first-order chi connectivity index (χ1) is 4.91. The minimum absolute atomic E-state index is 0.628. The first-order valence-electron chi connectivity index (χ1n) is 3.30. The van der Waals surface area contributed by atoms with Crippen LogP contribution in [0.2, 0.25) is 0 Å². The Balaban J connectivity index is 3.05. The van der Waals surface area contributed by atoms with Crippen molar-refractivity contribution in [2.24, 2.45) is 0 Å². The van der Waals surface area contributed by atoms with Crippen LogP contribution in [0.4, 0.5) is 0 Å². The Morgan fingerprint density at radius 1 is 1.10 bits per heavy atom. The van der Waals surface area contributed by atoms with Gasteiger partial charge in [-0.15, -0.1) is 11.8 Å². The molecule has 0 atom stereocenters. The van der Waals surface area contributed by atoms with E-state index in [1.165, 1.54) is 0 Å². The molecule has 0 fully saturated rings. The summed E-state index contributed by atoms with van der Waals surface area (Å²) < 4.78 is 0. The van der Waals surface area contributed by atoms with Crippen LogP contribution in [-0.2, 0) is 0 Å². The van der Waals surface area contributed by atoms with Crippen LogP contribution in [0.5, 0.6) is 0 Å². The number of alkyl halides is 1. The van der Waals surface area contributed by atoms with Crippen LogP contribution in [0, 0.1) is 23.2 Å². The van der Waals surface area contributed by atoms with Crippen LogP contribution in [0.3, 0.4) is 0 Å². The fraction of sp³-hybridized carbons (Fsp3) is 0.625. The van der Waals surface area contributed by atoms with Crippen molar-refractivity contribution in [2.45, 2.75) is 25.7 Å². The summed E-state index contributed by atoms with van der Waals surface area (Å²) in [5, 5.41) is 9.11. The molecule has 0 aliphatic carbocycles. The van der Waals surface area contributed by atoms with Gasteiger partial charge in [-0.2, -0.15) is 5.26 Å². The van der Waals surface area contributed by atoms with Gasteiger partial charge in [0.1, 0.15) is 0 Å².